The standard InChI is InChI=1S/C13H21NO4/c1-14(11-4-6-18-7-5-11)12(15)9-2-3-10(8-9)13(16)17/h9-11H,2-8H2,1H3,(H,16,17)/t9-,10+/m0/s1. The van der Waals surface area contributed by atoms with Crippen LogP contribution >= 0.6 is 0 Å². The third-order valence-electron chi connectivity index (χ3n) is 4.22. The van der Waals surface area contributed by atoms with E-state index in [4.69, 9.17) is 9.84 Å². The molecule has 18 heavy (non-hydrogen) atoms. The maximum absolute atomic E-state index is 12.3. The summed E-state index contributed by atoms with van der Waals surface area (Å²) in [5.41, 5.74) is 0. The molecule has 1 aliphatic carbocycles. The van der Waals surface area contributed by atoms with Crippen molar-refractivity contribution in [3.8, 4) is 0 Å². The molecule has 1 N–H and O–H groups in total. The molecule has 1 amide bonds. The third kappa shape index (κ3) is 2.83. The van der Waals surface area contributed by atoms with Crippen molar-refractivity contribution in [2.45, 2.75) is 38.1 Å². The molecule has 1 aliphatic heterocycles. The van der Waals surface area contributed by atoms with Gasteiger partial charge in [0, 0.05) is 32.2 Å². The second-order valence-corrected chi connectivity index (χ2v) is 5.34. The number of ether oxygens (including phenoxy) is 1. The van der Waals surface area contributed by atoms with Gasteiger partial charge >= 0.3 is 5.97 Å². The summed E-state index contributed by atoms with van der Waals surface area (Å²) >= 11 is 0. The summed E-state index contributed by atoms with van der Waals surface area (Å²) in [6.45, 7) is 1.43. The molecule has 1 heterocycles. The lowest BCUT2D eigenvalue weighted by Gasteiger charge is -2.32. The van der Waals surface area contributed by atoms with Crippen molar-refractivity contribution in [1.29, 1.82) is 0 Å². The Balaban J connectivity index is 1.89. The number of carboxylic acid groups (broad SMARTS) is 1. The molecular weight excluding hydrogens is 234 g/mol. The van der Waals surface area contributed by atoms with Gasteiger partial charge in [-0.15, -0.1) is 0 Å². The van der Waals surface area contributed by atoms with Gasteiger partial charge in [0.2, 0.25) is 5.91 Å². The van der Waals surface area contributed by atoms with Crippen LogP contribution in [0.4, 0.5) is 0 Å². The van der Waals surface area contributed by atoms with Crippen molar-refractivity contribution in [3.05, 3.63) is 0 Å². The van der Waals surface area contributed by atoms with Gasteiger partial charge in [0.25, 0.3) is 0 Å². The monoisotopic (exact) mass is 255 g/mol. The molecule has 1 saturated carbocycles. The van der Waals surface area contributed by atoms with Crippen molar-refractivity contribution in [2.24, 2.45) is 11.8 Å². The van der Waals surface area contributed by atoms with Crippen LogP contribution in [0.25, 0.3) is 0 Å². The molecule has 0 radical (unpaired) electrons. The summed E-state index contributed by atoms with van der Waals surface area (Å²) in [7, 11) is 1.84. The summed E-state index contributed by atoms with van der Waals surface area (Å²) in [6, 6.07) is 0.259. The van der Waals surface area contributed by atoms with Gasteiger partial charge in [0.15, 0.2) is 0 Å². The predicted octanol–water partition coefficient (Wildman–Crippen LogP) is 1.12. The normalized spacial score (nSPS) is 29.2. The molecular formula is C13H21NO4. The first-order chi connectivity index (χ1) is 8.59. The van der Waals surface area contributed by atoms with Gasteiger partial charge in [-0.25, -0.2) is 0 Å². The number of carbonyl (C=O) groups excluding carboxylic acids is 1. The lowest BCUT2D eigenvalue weighted by molar-refractivity contribution is -0.142. The lowest BCUT2D eigenvalue weighted by atomic mass is 10.0. The van der Waals surface area contributed by atoms with Gasteiger partial charge in [-0.05, 0) is 32.1 Å². The number of carbonyl (C=O) groups is 2. The molecule has 1 saturated heterocycles. The summed E-state index contributed by atoms with van der Waals surface area (Å²) < 4.78 is 5.29. The van der Waals surface area contributed by atoms with Crippen molar-refractivity contribution < 1.29 is 19.4 Å². The van der Waals surface area contributed by atoms with Crippen LogP contribution in [-0.2, 0) is 14.3 Å². The minimum atomic E-state index is -0.765. The molecule has 2 atom stereocenters. The third-order valence-corrected chi connectivity index (χ3v) is 4.22. The maximum atomic E-state index is 12.3. The van der Waals surface area contributed by atoms with Crippen LogP contribution in [0.5, 0.6) is 0 Å². The van der Waals surface area contributed by atoms with Crippen LogP contribution in [0.2, 0.25) is 0 Å². The second-order valence-electron chi connectivity index (χ2n) is 5.34. The molecule has 5 heteroatoms. The predicted molar refractivity (Wildman–Crippen MR) is 65.1 cm³/mol. The summed E-state index contributed by atoms with van der Waals surface area (Å²) in [4.78, 5) is 25.0. The average Bonchev–Trinajstić information content (AvgIpc) is 2.88. The minimum absolute atomic E-state index is 0.0982. The Kier molecular flexibility index (Phi) is 4.22. The highest BCUT2D eigenvalue weighted by atomic mass is 16.5. The average molecular weight is 255 g/mol. The largest absolute Gasteiger partial charge is 0.481 e. The first-order valence-electron chi connectivity index (χ1n) is 6.67. The molecule has 0 spiro atoms. The Labute approximate surface area is 107 Å². The van der Waals surface area contributed by atoms with E-state index < -0.39 is 5.97 Å². The van der Waals surface area contributed by atoms with E-state index in [1.165, 1.54) is 0 Å². The zero-order valence-corrected chi connectivity index (χ0v) is 10.8. The fourth-order valence-corrected chi connectivity index (χ4v) is 2.97. The van der Waals surface area contributed by atoms with E-state index in [1.807, 2.05) is 11.9 Å². The quantitative estimate of drug-likeness (QED) is 0.820. The van der Waals surface area contributed by atoms with Gasteiger partial charge in [0.05, 0.1) is 5.92 Å². The first-order valence-corrected chi connectivity index (χ1v) is 6.67. The molecule has 2 aliphatic rings. The van der Waals surface area contributed by atoms with Gasteiger partial charge in [-0.2, -0.15) is 0 Å². The number of carboxylic acids is 1. The van der Waals surface area contributed by atoms with E-state index in [9.17, 15) is 9.59 Å². The minimum Gasteiger partial charge on any atom is -0.481 e. The smallest absolute Gasteiger partial charge is 0.306 e. The highest BCUT2D eigenvalue weighted by molar-refractivity contribution is 5.81. The van der Waals surface area contributed by atoms with Crippen molar-refractivity contribution in [3.63, 3.8) is 0 Å². The number of hydrogen-bond acceptors (Lipinski definition) is 3. The molecule has 0 aromatic carbocycles. The highest BCUT2D eigenvalue weighted by Crippen LogP contribution is 2.33. The molecule has 0 unspecified atom stereocenters. The van der Waals surface area contributed by atoms with E-state index in [-0.39, 0.29) is 23.8 Å². The lowest BCUT2D eigenvalue weighted by Crippen LogP contribution is -2.43. The van der Waals surface area contributed by atoms with E-state index in [0.717, 1.165) is 12.8 Å². The fourth-order valence-electron chi connectivity index (χ4n) is 2.97. The van der Waals surface area contributed by atoms with E-state index in [1.54, 1.807) is 0 Å². The van der Waals surface area contributed by atoms with Crippen LogP contribution in [-0.4, -0.2) is 48.2 Å². The Morgan fingerprint density at radius 3 is 2.28 bits per heavy atom. The molecule has 2 rings (SSSR count). The zero-order valence-electron chi connectivity index (χ0n) is 10.8. The van der Waals surface area contributed by atoms with Crippen LogP contribution in [0.15, 0.2) is 0 Å². The van der Waals surface area contributed by atoms with Crippen LogP contribution in [0.3, 0.4) is 0 Å². The maximum Gasteiger partial charge on any atom is 0.306 e. The van der Waals surface area contributed by atoms with E-state index in [2.05, 4.69) is 0 Å². The number of hydrogen-bond donors (Lipinski definition) is 1. The second kappa shape index (κ2) is 5.69. The van der Waals surface area contributed by atoms with Crippen molar-refractivity contribution >= 4 is 11.9 Å². The van der Waals surface area contributed by atoms with Crippen molar-refractivity contribution in [1.82, 2.24) is 4.90 Å². The van der Waals surface area contributed by atoms with Crippen LogP contribution in [0.1, 0.15) is 32.1 Å². The molecule has 0 bridgehead atoms. The summed E-state index contributed by atoms with van der Waals surface area (Å²) in [5.74, 6) is -1.08. The van der Waals surface area contributed by atoms with Crippen LogP contribution < -0.4 is 0 Å². The Bertz CT molecular complexity index is 325. The topological polar surface area (TPSA) is 66.8 Å². The van der Waals surface area contributed by atoms with E-state index >= 15 is 0 Å². The molecule has 102 valence electrons. The molecule has 5 nitrogen and oxygen atoms in total. The molecule has 2 fully saturated rings. The fraction of sp³-hybridized carbons (Fsp3) is 0.846. The number of nitrogens with zero attached hydrogens (tertiary/aromatic N) is 1. The van der Waals surface area contributed by atoms with Gasteiger partial charge < -0.3 is 14.7 Å². The first kappa shape index (κ1) is 13.3. The molecule has 0 aromatic rings. The molecule has 0 aromatic heterocycles. The summed E-state index contributed by atoms with van der Waals surface area (Å²) in [5, 5.41) is 8.96. The van der Waals surface area contributed by atoms with Crippen molar-refractivity contribution in [2.75, 3.05) is 20.3 Å². The van der Waals surface area contributed by atoms with Crippen LogP contribution in [0, 0.1) is 11.8 Å². The van der Waals surface area contributed by atoms with Gasteiger partial charge in [-0.1, -0.05) is 0 Å². The van der Waals surface area contributed by atoms with Gasteiger partial charge in [0.1, 0.15) is 0 Å². The number of aliphatic carboxylic acids is 1. The SMILES string of the molecule is CN(C(=O)[C@H]1CC[C@@H](C(=O)O)C1)C1CCOCC1. The van der Waals surface area contributed by atoms with E-state index in [0.29, 0.717) is 32.5 Å². The highest BCUT2D eigenvalue weighted by Gasteiger charge is 2.36. The summed E-state index contributed by atoms with van der Waals surface area (Å²) in [6.07, 6.45) is 3.62. The Hall–Kier alpha value is -1.10. The van der Waals surface area contributed by atoms with Gasteiger partial charge in [-0.3, -0.25) is 9.59 Å². The zero-order chi connectivity index (χ0) is 13.1. The Morgan fingerprint density at radius 1 is 1.11 bits per heavy atom. The Morgan fingerprint density at radius 2 is 1.72 bits per heavy atom. The number of rotatable bonds is 3. The number of amides is 1.